The van der Waals surface area contributed by atoms with Crippen molar-refractivity contribution in [3.8, 4) is 0 Å². The van der Waals surface area contributed by atoms with Gasteiger partial charge in [0.1, 0.15) is 0 Å². The van der Waals surface area contributed by atoms with Crippen LogP contribution in [0.3, 0.4) is 0 Å². The molecule has 2 aliphatic rings. The molecule has 1 aromatic carbocycles. The van der Waals surface area contributed by atoms with Crippen LogP contribution >= 0.6 is 0 Å². The fourth-order valence-electron chi connectivity index (χ4n) is 4.25. The first-order valence-electron chi connectivity index (χ1n) is 8.72. The Kier molecular flexibility index (Phi) is 4.07. The summed E-state index contributed by atoms with van der Waals surface area (Å²) in [7, 11) is 0. The van der Waals surface area contributed by atoms with Gasteiger partial charge in [0, 0.05) is 49.9 Å². The van der Waals surface area contributed by atoms with Crippen LogP contribution in [-0.2, 0) is 11.3 Å². The first-order chi connectivity index (χ1) is 11.8. The highest BCUT2D eigenvalue weighted by molar-refractivity contribution is 5.81. The van der Waals surface area contributed by atoms with Crippen molar-refractivity contribution in [3.63, 3.8) is 0 Å². The molecule has 0 radical (unpaired) electrons. The molecule has 124 valence electrons. The van der Waals surface area contributed by atoms with Crippen molar-refractivity contribution >= 4 is 5.91 Å². The molecular weight excluding hydrogens is 298 g/mol. The van der Waals surface area contributed by atoms with Crippen LogP contribution in [0.1, 0.15) is 36.3 Å². The lowest BCUT2D eigenvalue weighted by molar-refractivity contribution is -0.120. The Morgan fingerprint density at radius 2 is 1.92 bits per heavy atom. The second-order valence-corrected chi connectivity index (χ2v) is 7.01. The fraction of sp³-hybridized carbons (Fsp3) is 0.400. The van der Waals surface area contributed by atoms with Gasteiger partial charge in [0.25, 0.3) is 0 Å². The average Bonchev–Trinajstić information content (AvgIpc) is 2.95. The van der Waals surface area contributed by atoms with Crippen LogP contribution in [0.4, 0.5) is 0 Å². The monoisotopic (exact) mass is 321 g/mol. The smallest absolute Gasteiger partial charge is 0.221 e. The minimum atomic E-state index is -0.0656. The molecule has 0 bridgehead atoms. The number of nitrogens with one attached hydrogen (secondary N) is 1. The van der Waals surface area contributed by atoms with Crippen molar-refractivity contribution in [1.29, 1.82) is 0 Å². The molecule has 3 heterocycles. The molecule has 4 nitrogen and oxygen atoms in total. The number of amides is 1. The number of rotatable bonds is 3. The maximum atomic E-state index is 12.1. The van der Waals surface area contributed by atoms with Gasteiger partial charge in [-0.25, -0.2) is 0 Å². The van der Waals surface area contributed by atoms with Crippen molar-refractivity contribution < 1.29 is 4.79 Å². The van der Waals surface area contributed by atoms with E-state index in [0.717, 1.165) is 32.5 Å². The highest BCUT2D eigenvalue weighted by Gasteiger charge is 2.48. The minimum absolute atomic E-state index is 0.0656. The van der Waals surface area contributed by atoms with Crippen LogP contribution in [-0.4, -0.2) is 34.4 Å². The van der Waals surface area contributed by atoms with E-state index in [9.17, 15) is 4.79 Å². The zero-order chi connectivity index (χ0) is 16.4. The van der Waals surface area contributed by atoms with E-state index < -0.39 is 0 Å². The third kappa shape index (κ3) is 2.94. The molecule has 2 aliphatic heterocycles. The number of hydrogen-bond acceptors (Lipinski definition) is 3. The molecule has 4 rings (SSSR count). The number of hydrogen-bond donors (Lipinski definition) is 1. The predicted octanol–water partition coefficient (Wildman–Crippen LogP) is 2.72. The maximum absolute atomic E-state index is 12.1. The Morgan fingerprint density at radius 1 is 1.12 bits per heavy atom. The number of aromatic nitrogens is 1. The van der Waals surface area contributed by atoms with Crippen molar-refractivity contribution in [1.82, 2.24) is 15.2 Å². The van der Waals surface area contributed by atoms with E-state index in [1.165, 1.54) is 11.1 Å². The Balaban J connectivity index is 1.47. The van der Waals surface area contributed by atoms with Gasteiger partial charge in [-0.05, 0) is 30.0 Å². The van der Waals surface area contributed by atoms with Crippen LogP contribution in [0.15, 0.2) is 54.9 Å². The zero-order valence-corrected chi connectivity index (χ0v) is 13.8. The molecule has 1 amide bonds. The second-order valence-electron chi connectivity index (χ2n) is 7.01. The third-order valence-corrected chi connectivity index (χ3v) is 5.52. The van der Waals surface area contributed by atoms with Gasteiger partial charge in [-0.1, -0.05) is 36.4 Å². The molecule has 0 saturated carbocycles. The van der Waals surface area contributed by atoms with E-state index in [2.05, 4.69) is 45.5 Å². The van der Waals surface area contributed by atoms with Crippen molar-refractivity contribution in [3.05, 3.63) is 66.0 Å². The Morgan fingerprint density at radius 3 is 2.62 bits per heavy atom. The Bertz CT molecular complexity index is 693. The lowest BCUT2D eigenvalue weighted by Gasteiger charge is -2.43. The summed E-state index contributed by atoms with van der Waals surface area (Å²) in [5.74, 6) is 0.497. The number of pyridine rings is 1. The van der Waals surface area contributed by atoms with Crippen LogP contribution in [0.5, 0.6) is 0 Å². The molecule has 1 unspecified atom stereocenters. The van der Waals surface area contributed by atoms with Gasteiger partial charge in [-0.2, -0.15) is 0 Å². The number of piperidine rings is 1. The van der Waals surface area contributed by atoms with E-state index >= 15 is 0 Å². The SMILES string of the molecule is O=C1CC(c2ccccc2)C2(CCN(Cc3cccnc3)CC2)N1. The molecule has 0 aliphatic carbocycles. The molecule has 2 saturated heterocycles. The van der Waals surface area contributed by atoms with Crippen LogP contribution in [0.2, 0.25) is 0 Å². The van der Waals surface area contributed by atoms with Crippen LogP contribution in [0.25, 0.3) is 0 Å². The van der Waals surface area contributed by atoms with E-state index in [-0.39, 0.29) is 11.4 Å². The summed E-state index contributed by atoms with van der Waals surface area (Å²) in [5.41, 5.74) is 2.48. The number of likely N-dealkylation sites (tertiary alicyclic amines) is 1. The predicted molar refractivity (Wildman–Crippen MR) is 93.4 cm³/mol. The average molecular weight is 321 g/mol. The second kappa shape index (κ2) is 6.36. The van der Waals surface area contributed by atoms with Gasteiger partial charge in [0.15, 0.2) is 0 Å². The zero-order valence-electron chi connectivity index (χ0n) is 13.8. The minimum Gasteiger partial charge on any atom is -0.350 e. The molecule has 2 fully saturated rings. The quantitative estimate of drug-likeness (QED) is 0.945. The molecule has 4 heteroatoms. The molecule has 24 heavy (non-hydrogen) atoms. The summed E-state index contributed by atoms with van der Waals surface area (Å²) in [4.78, 5) is 18.8. The summed E-state index contributed by atoms with van der Waals surface area (Å²) in [6, 6.07) is 14.6. The lowest BCUT2D eigenvalue weighted by atomic mass is 9.74. The van der Waals surface area contributed by atoms with Gasteiger partial charge in [-0.15, -0.1) is 0 Å². The first-order valence-corrected chi connectivity index (χ1v) is 8.72. The molecular formula is C20H23N3O. The molecule has 1 atom stereocenters. The lowest BCUT2D eigenvalue weighted by Crippen LogP contribution is -2.53. The normalized spacial score (nSPS) is 23.3. The Labute approximate surface area is 142 Å². The number of benzene rings is 1. The van der Waals surface area contributed by atoms with E-state index in [4.69, 9.17) is 0 Å². The summed E-state index contributed by atoms with van der Waals surface area (Å²) in [5, 5.41) is 3.32. The number of nitrogens with zero attached hydrogens (tertiary/aromatic N) is 2. The van der Waals surface area contributed by atoms with Crippen molar-refractivity contribution in [2.45, 2.75) is 37.3 Å². The van der Waals surface area contributed by atoms with Gasteiger partial charge in [0.05, 0.1) is 0 Å². The fourth-order valence-corrected chi connectivity index (χ4v) is 4.25. The number of carbonyl (C=O) groups excluding carboxylic acids is 1. The van der Waals surface area contributed by atoms with E-state index in [1.54, 1.807) is 0 Å². The van der Waals surface area contributed by atoms with E-state index in [1.807, 2.05) is 24.5 Å². The summed E-state index contributed by atoms with van der Waals surface area (Å²) >= 11 is 0. The highest BCUT2D eigenvalue weighted by atomic mass is 16.2. The van der Waals surface area contributed by atoms with Gasteiger partial charge in [-0.3, -0.25) is 14.7 Å². The van der Waals surface area contributed by atoms with Crippen molar-refractivity contribution in [2.24, 2.45) is 0 Å². The van der Waals surface area contributed by atoms with E-state index in [0.29, 0.717) is 12.3 Å². The summed E-state index contributed by atoms with van der Waals surface area (Å²) in [6.45, 7) is 2.96. The largest absolute Gasteiger partial charge is 0.350 e. The standard InChI is InChI=1S/C20H23N3O/c24-19-13-18(17-6-2-1-3-7-17)20(22-19)8-11-23(12-9-20)15-16-5-4-10-21-14-16/h1-7,10,14,18H,8-9,11-13,15H2,(H,22,24). The topological polar surface area (TPSA) is 45.2 Å². The van der Waals surface area contributed by atoms with Gasteiger partial charge < -0.3 is 5.32 Å². The highest BCUT2D eigenvalue weighted by Crippen LogP contribution is 2.43. The van der Waals surface area contributed by atoms with Crippen LogP contribution < -0.4 is 5.32 Å². The van der Waals surface area contributed by atoms with Crippen LogP contribution in [0, 0.1) is 0 Å². The molecule has 1 spiro atoms. The maximum Gasteiger partial charge on any atom is 0.221 e. The molecule has 2 aromatic rings. The van der Waals surface area contributed by atoms with Crippen molar-refractivity contribution in [2.75, 3.05) is 13.1 Å². The Hall–Kier alpha value is -2.20. The molecule has 1 N–H and O–H groups in total. The third-order valence-electron chi connectivity index (χ3n) is 5.52. The summed E-state index contributed by atoms with van der Waals surface area (Å²) in [6.07, 6.45) is 6.39. The number of carbonyl (C=O) groups is 1. The van der Waals surface area contributed by atoms with Gasteiger partial charge >= 0.3 is 0 Å². The first kappa shape index (κ1) is 15.3. The van der Waals surface area contributed by atoms with Gasteiger partial charge in [0.2, 0.25) is 5.91 Å². The summed E-state index contributed by atoms with van der Waals surface area (Å²) < 4.78 is 0. The molecule has 1 aromatic heterocycles.